The number of aromatic nitrogens is 1. The molecule has 1 unspecified atom stereocenters. The van der Waals surface area contributed by atoms with Crippen molar-refractivity contribution >= 4 is 10.1 Å². The summed E-state index contributed by atoms with van der Waals surface area (Å²) in [7, 11) is -3.50. The van der Waals surface area contributed by atoms with Crippen LogP contribution in [0.15, 0.2) is 65.3 Å². The predicted molar refractivity (Wildman–Crippen MR) is 117 cm³/mol. The summed E-state index contributed by atoms with van der Waals surface area (Å²) in [5.41, 5.74) is 2.78. The minimum atomic E-state index is -3.50. The van der Waals surface area contributed by atoms with E-state index in [1.807, 2.05) is 61.5 Å². The molecule has 0 fully saturated rings. The van der Waals surface area contributed by atoms with Crippen LogP contribution in [0, 0.1) is 0 Å². The van der Waals surface area contributed by atoms with Gasteiger partial charge in [0.05, 0.1) is 31.3 Å². The number of rotatable bonds is 12. The van der Waals surface area contributed by atoms with E-state index < -0.39 is 10.1 Å². The van der Waals surface area contributed by atoms with Gasteiger partial charge in [-0.3, -0.25) is 4.18 Å². The monoisotopic (exact) mass is 445 g/mol. The Labute approximate surface area is 183 Å². The lowest BCUT2D eigenvalue weighted by molar-refractivity contribution is 0.0301. The van der Waals surface area contributed by atoms with Crippen molar-refractivity contribution in [2.75, 3.05) is 26.1 Å². The fourth-order valence-electron chi connectivity index (χ4n) is 2.99. The van der Waals surface area contributed by atoms with Gasteiger partial charge in [-0.1, -0.05) is 30.3 Å². The molecule has 0 bridgehead atoms. The summed E-state index contributed by atoms with van der Waals surface area (Å²) < 4.78 is 44.2. The van der Waals surface area contributed by atoms with Gasteiger partial charge in [-0.25, -0.2) is 4.98 Å². The van der Waals surface area contributed by atoms with Gasteiger partial charge in [-0.15, -0.1) is 0 Å². The third-order valence-corrected chi connectivity index (χ3v) is 5.02. The third-order valence-electron chi connectivity index (χ3n) is 4.46. The molecule has 0 amide bonds. The van der Waals surface area contributed by atoms with E-state index in [0.29, 0.717) is 31.9 Å². The first-order chi connectivity index (χ1) is 14.9. The van der Waals surface area contributed by atoms with E-state index in [-0.39, 0.29) is 12.7 Å². The van der Waals surface area contributed by atoms with Crippen molar-refractivity contribution in [3.8, 4) is 17.2 Å². The molecule has 0 aliphatic heterocycles. The first-order valence-electron chi connectivity index (χ1n) is 10.1. The number of oxazole rings is 1. The fourth-order valence-corrected chi connectivity index (χ4v) is 3.39. The molecule has 3 rings (SSSR count). The van der Waals surface area contributed by atoms with Crippen molar-refractivity contribution in [1.29, 1.82) is 0 Å². The summed E-state index contributed by atoms with van der Waals surface area (Å²) in [6, 6.07) is 17.4. The van der Waals surface area contributed by atoms with E-state index in [9.17, 15) is 8.42 Å². The van der Waals surface area contributed by atoms with Gasteiger partial charge in [0.1, 0.15) is 12.0 Å². The zero-order valence-electron chi connectivity index (χ0n) is 17.7. The Morgan fingerprint density at radius 2 is 1.81 bits per heavy atom. The van der Waals surface area contributed by atoms with Crippen LogP contribution in [0.4, 0.5) is 0 Å². The van der Waals surface area contributed by atoms with Gasteiger partial charge >= 0.3 is 0 Å². The normalized spacial score (nSPS) is 12.6. The molecule has 166 valence electrons. The van der Waals surface area contributed by atoms with Crippen LogP contribution in [-0.4, -0.2) is 45.6 Å². The number of ether oxygens (including phenoxy) is 2. The summed E-state index contributed by atoms with van der Waals surface area (Å²) in [5, 5.41) is 0. The molecule has 0 saturated heterocycles. The molecule has 0 aliphatic carbocycles. The average Bonchev–Trinajstić information content (AvgIpc) is 3.22. The number of nitrogens with zero attached hydrogens (tertiary/aromatic N) is 1. The molecular formula is C23H27NO6S. The Hall–Kier alpha value is -2.68. The molecule has 31 heavy (non-hydrogen) atoms. The molecule has 0 saturated carbocycles. The fraction of sp³-hybridized carbons (Fsp3) is 0.348. The molecule has 0 radical (unpaired) electrons. The zero-order chi connectivity index (χ0) is 22.1. The molecule has 0 spiro atoms. The quantitative estimate of drug-likeness (QED) is 0.391. The predicted octanol–water partition coefficient (Wildman–Crippen LogP) is 3.89. The second-order valence-electron chi connectivity index (χ2n) is 7.02. The maximum atomic E-state index is 11.2. The number of benzene rings is 2. The Morgan fingerprint density at radius 3 is 2.48 bits per heavy atom. The van der Waals surface area contributed by atoms with E-state index >= 15 is 0 Å². The Bertz CT molecular complexity index is 1030. The zero-order valence-corrected chi connectivity index (χ0v) is 18.5. The Morgan fingerprint density at radius 1 is 1.06 bits per heavy atom. The average molecular weight is 446 g/mol. The van der Waals surface area contributed by atoms with Crippen LogP contribution < -0.4 is 4.74 Å². The van der Waals surface area contributed by atoms with Crippen LogP contribution in [-0.2, 0) is 31.9 Å². The highest BCUT2D eigenvalue weighted by molar-refractivity contribution is 7.85. The van der Waals surface area contributed by atoms with Gasteiger partial charge < -0.3 is 13.9 Å². The molecule has 2 aromatic carbocycles. The lowest BCUT2D eigenvalue weighted by atomic mass is 10.1. The highest BCUT2D eigenvalue weighted by atomic mass is 32.2. The van der Waals surface area contributed by atoms with E-state index in [2.05, 4.69) is 4.98 Å². The van der Waals surface area contributed by atoms with E-state index in [1.165, 1.54) is 0 Å². The van der Waals surface area contributed by atoms with Crippen molar-refractivity contribution in [2.24, 2.45) is 0 Å². The SMILES string of the molecule is CCOC(COS(C)(=O)=O)Cc1ccc(OCCc2coc(-c3ccccc3)n2)cc1. The van der Waals surface area contributed by atoms with Crippen LogP contribution in [0.5, 0.6) is 5.75 Å². The van der Waals surface area contributed by atoms with Crippen LogP contribution in [0.25, 0.3) is 11.5 Å². The Balaban J connectivity index is 1.47. The molecule has 0 aliphatic rings. The number of hydrogen-bond acceptors (Lipinski definition) is 7. The lowest BCUT2D eigenvalue weighted by Crippen LogP contribution is -2.24. The van der Waals surface area contributed by atoms with Crippen molar-refractivity contribution in [3.63, 3.8) is 0 Å². The highest BCUT2D eigenvalue weighted by Gasteiger charge is 2.14. The van der Waals surface area contributed by atoms with E-state index in [4.69, 9.17) is 18.1 Å². The minimum Gasteiger partial charge on any atom is -0.493 e. The highest BCUT2D eigenvalue weighted by Crippen LogP contribution is 2.19. The second-order valence-corrected chi connectivity index (χ2v) is 8.67. The van der Waals surface area contributed by atoms with E-state index in [1.54, 1.807) is 6.26 Å². The topological polar surface area (TPSA) is 87.9 Å². The number of hydrogen-bond donors (Lipinski definition) is 0. The molecule has 8 heteroatoms. The van der Waals surface area contributed by atoms with Gasteiger partial charge in [0.15, 0.2) is 0 Å². The van der Waals surface area contributed by atoms with Gasteiger partial charge in [0.2, 0.25) is 5.89 Å². The molecular weight excluding hydrogens is 418 g/mol. The summed E-state index contributed by atoms with van der Waals surface area (Å²) in [4.78, 5) is 4.50. The van der Waals surface area contributed by atoms with Crippen molar-refractivity contribution in [1.82, 2.24) is 4.98 Å². The molecule has 0 N–H and O–H groups in total. The van der Waals surface area contributed by atoms with Gasteiger partial charge in [-0.2, -0.15) is 8.42 Å². The standard InChI is InChI=1S/C23H27NO6S/c1-3-27-22(17-30-31(2,25)26)15-18-9-11-21(12-10-18)28-14-13-20-16-29-23(24-20)19-7-5-4-6-8-19/h4-12,16,22H,3,13-15,17H2,1-2H3. The van der Waals surface area contributed by atoms with Crippen molar-refractivity contribution in [3.05, 3.63) is 72.1 Å². The largest absolute Gasteiger partial charge is 0.493 e. The van der Waals surface area contributed by atoms with Gasteiger partial charge in [0.25, 0.3) is 10.1 Å². The Kier molecular flexibility index (Phi) is 8.22. The molecule has 1 atom stereocenters. The first-order valence-corrected chi connectivity index (χ1v) is 11.9. The maximum Gasteiger partial charge on any atom is 0.264 e. The summed E-state index contributed by atoms with van der Waals surface area (Å²) in [6.45, 7) is 2.81. The van der Waals surface area contributed by atoms with Gasteiger partial charge in [-0.05, 0) is 36.8 Å². The van der Waals surface area contributed by atoms with Crippen LogP contribution in [0.3, 0.4) is 0 Å². The van der Waals surface area contributed by atoms with Gasteiger partial charge in [0, 0.05) is 25.0 Å². The smallest absolute Gasteiger partial charge is 0.264 e. The molecule has 1 aromatic heterocycles. The summed E-state index contributed by atoms with van der Waals surface area (Å²) in [6.07, 6.45) is 3.53. The van der Waals surface area contributed by atoms with Crippen LogP contribution in [0.2, 0.25) is 0 Å². The summed E-state index contributed by atoms with van der Waals surface area (Å²) >= 11 is 0. The molecule has 7 nitrogen and oxygen atoms in total. The lowest BCUT2D eigenvalue weighted by Gasteiger charge is -2.16. The molecule has 1 heterocycles. The third kappa shape index (κ3) is 7.82. The van der Waals surface area contributed by atoms with Crippen molar-refractivity contribution < 1.29 is 26.5 Å². The van der Waals surface area contributed by atoms with E-state index in [0.717, 1.165) is 28.8 Å². The first kappa shape index (κ1) is 23.0. The second kappa shape index (κ2) is 11.1. The summed E-state index contributed by atoms with van der Waals surface area (Å²) in [5.74, 6) is 1.35. The van der Waals surface area contributed by atoms with Crippen LogP contribution >= 0.6 is 0 Å². The van der Waals surface area contributed by atoms with Crippen LogP contribution in [0.1, 0.15) is 18.2 Å². The van der Waals surface area contributed by atoms with Crippen molar-refractivity contribution in [2.45, 2.75) is 25.9 Å². The maximum absolute atomic E-state index is 11.2. The minimum absolute atomic E-state index is 0.00635. The molecule has 3 aromatic rings.